The third-order valence-electron chi connectivity index (χ3n) is 5.21. The van der Waals surface area contributed by atoms with Crippen molar-refractivity contribution in [3.05, 3.63) is 64.8 Å². The van der Waals surface area contributed by atoms with Gasteiger partial charge < -0.3 is 19.5 Å². The molecule has 10 heteroatoms. The van der Waals surface area contributed by atoms with Crippen molar-refractivity contribution >= 4 is 28.6 Å². The van der Waals surface area contributed by atoms with E-state index >= 15 is 0 Å². The SMILES string of the molecule is Cn1cc(-n2ccc3nc(Nc4ccc(C(=O)N5CCOCC5)cc4)[nH]c(=O)c32)cn1. The second kappa shape index (κ2) is 7.73. The van der Waals surface area contributed by atoms with Crippen molar-refractivity contribution in [3.8, 4) is 5.69 Å². The molecule has 3 aromatic heterocycles. The molecule has 0 atom stereocenters. The molecule has 5 rings (SSSR count). The van der Waals surface area contributed by atoms with Gasteiger partial charge in [0.15, 0.2) is 0 Å². The minimum Gasteiger partial charge on any atom is -0.378 e. The number of H-pyrrole nitrogens is 1. The van der Waals surface area contributed by atoms with Gasteiger partial charge in [0, 0.05) is 43.8 Å². The number of morpholine rings is 1. The van der Waals surface area contributed by atoms with Crippen LogP contribution in [0.15, 0.2) is 53.7 Å². The van der Waals surface area contributed by atoms with Crippen LogP contribution in [0.2, 0.25) is 0 Å². The van der Waals surface area contributed by atoms with E-state index in [-0.39, 0.29) is 11.5 Å². The molecule has 1 aliphatic rings. The lowest BCUT2D eigenvalue weighted by Gasteiger charge is -2.26. The Bertz CT molecular complexity index is 1300. The zero-order chi connectivity index (χ0) is 21.4. The molecule has 0 aliphatic carbocycles. The maximum atomic E-state index is 12.7. The summed E-state index contributed by atoms with van der Waals surface area (Å²) in [6.07, 6.45) is 5.30. The molecule has 0 radical (unpaired) electrons. The van der Waals surface area contributed by atoms with E-state index in [9.17, 15) is 9.59 Å². The first-order valence-corrected chi connectivity index (χ1v) is 9.93. The van der Waals surface area contributed by atoms with Crippen LogP contribution in [0, 0.1) is 0 Å². The van der Waals surface area contributed by atoms with Gasteiger partial charge in [0.2, 0.25) is 5.95 Å². The summed E-state index contributed by atoms with van der Waals surface area (Å²) in [4.78, 5) is 34.4. The average molecular weight is 419 g/mol. The lowest BCUT2D eigenvalue weighted by atomic mass is 10.1. The van der Waals surface area contributed by atoms with Crippen molar-refractivity contribution < 1.29 is 9.53 Å². The van der Waals surface area contributed by atoms with Crippen molar-refractivity contribution in [3.63, 3.8) is 0 Å². The third-order valence-corrected chi connectivity index (χ3v) is 5.21. The number of aryl methyl sites for hydroxylation is 1. The summed E-state index contributed by atoms with van der Waals surface area (Å²) in [5, 5.41) is 7.25. The lowest BCUT2D eigenvalue weighted by Crippen LogP contribution is -2.40. The Hall–Kier alpha value is -3.92. The number of ether oxygens (including phenoxy) is 1. The second-order valence-electron chi connectivity index (χ2n) is 7.31. The van der Waals surface area contributed by atoms with Gasteiger partial charge in [-0.25, -0.2) is 4.98 Å². The van der Waals surface area contributed by atoms with Gasteiger partial charge in [-0.15, -0.1) is 0 Å². The van der Waals surface area contributed by atoms with Crippen LogP contribution in [0.5, 0.6) is 0 Å². The highest BCUT2D eigenvalue weighted by Crippen LogP contribution is 2.19. The third kappa shape index (κ3) is 3.68. The molecule has 4 heterocycles. The minimum absolute atomic E-state index is 0.0143. The number of aromatic nitrogens is 5. The number of benzene rings is 1. The maximum Gasteiger partial charge on any atom is 0.277 e. The van der Waals surface area contributed by atoms with Crippen LogP contribution in [-0.2, 0) is 11.8 Å². The van der Waals surface area contributed by atoms with Gasteiger partial charge in [0.25, 0.3) is 11.5 Å². The Balaban J connectivity index is 1.37. The van der Waals surface area contributed by atoms with Gasteiger partial charge >= 0.3 is 0 Å². The highest BCUT2D eigenvalue weighted by atomic mass is 16.5. The molecule has 10 nitrogen and oxygen atoms in total. The number of aromatic amines is 1. The molecule has 0 unspecified atom stereocenters. The van der Waals surface area contributed by atoms with Crippen LogP contribution in [0.3, 0.4) is 0 Å². The normalized spacial score (nSPS) is 14.2. The molecule has 1 aromatic carbocycles. The van der Waals surface area contributed by atoms with Crippen LogP contribution in [0.1, 0.15) is 10.4 Å². The molecule has 0 saturated carbocycles. The molecular formula is C21H21N7O3. The molecule has 1 amide bonds. The number of carbonyl (C=O) groups excluding carboxylic acids is 1. The smallest absolute Gasteiger partial charge is 0.277 e. The Labute approximate surface area is 177 Å². The van der Waals surface area contributed by atoms with Gasteiger partial charge in [-0.2, -0.15) is 5.10 Å². The summed E-state index contributed by atoms with van der Waals surface area (Å²) >= 11 is 0. The van der Waals surface area contributed by atoms with Crippen LogP contribution in [0.25, 0.3) is 16.7 Å². The van der Waals surface area contributed by atoms with E-state index in [1.54, 1.807) is 56.9 Å². The quantitative estimate of drug-likeness (QED) is 0.521. The van der Waals surface area contributed by atoms with Crippen molar-refractivity contribution in [2.75, 3.05) is 31.6 Å². The fraction of sp³-hybridized carbons (Fsp3) is 0.238. The fourth-order valence-corrected chi connectivity index (χ4v) is 3.64. The first-order valence-electron chi connectivity index (χ1n) is 9.93. The van der Waals surface area contributed by atoms with E-state index in [1.165, 1.54) is 0 Å². The van der Waals surface area contributed by atoms with E-state index in [2.05, 4.69) is 20.4 Å². The van der Waals surface area contributed by atoms with Gasteiger partial charge in [0.05, 0.1) is 30.6 Å². The number of amides is 1. The number of hydrogen-bond acceptors (Lipinski definition) is 6. The summed E-state index contributed by atoms with van der Waals surface area (Å²) in [5.41, 5.74) is 2.86. The van der Waals surface area contributed by atoms with E-state index in [4.69, 9.17) is 4.74 Å². The molecule has 4 aromatic rings. The molecule has 31 heavy (non-hydrogen) atoms. The topological polar surface area (TPSA) is 110 Å². The molecular weight excluding hydrogens is 398 g/mol. The van der Waals surface area contributed by atoms with Gasteiger partial charge in [-0.1, -0.05) is 0 Å². The number of carbonyl (C=O) groups is 1. The average Bonchev–Trinajstić information content (AvgIpc) is 3.41. The molecule has 2 N–H and O–H groups in total. The first-order chi connectivity index (χ1) is 15.1. The van der Waals surface area contributed by atoms with Gasteiger partial charge in [-0.05, 0) is 30.3 Å². The minimum atomic E-state index is -0.263. The predicted molar refractivity (Wildman–Crippen MR) is 115 cm³/mol. The Kier molecular flexibility index (Phi) is 4.75. The molecule has 158 valence electrons. The summed E-state index contributed by atoms with van der Waals surface area (Å²) < 4.78 is 8.72. The van der Waals surface area contributed by atoms with Crippen LogP contribution >= 0.6 is 0 Å². The molecule has 1 fully saturated rings. The zero-order valence-electron chi connectivity index (χ0n) is 16.9. The maximum absolute atomic E-state index is 12.7. The predicted octanol–water partition coefficient (Wildman–Crippen LogP) is 1.66. The van der Waals surface area contributed by atoms with Crippen molar-refractivity contribution in [1.29, 1.82) is 0 Å². The number of fused-ring (bicyclic) bond motifs is 1. The molecule has 1 aliphatic heterocycles. The lowest BCUT2D eigenvalue weighted by molar-refractivity contribution is 0.0303. The number of anilines is 2. The molecule has 0 spiro atoms. The fourth-order valence-electron chi connectivity index (χ4n) is 3.64. The monoisotopic (exact) mass is 419 g/mol. The highest BCUT2D eigenvalue weighted by molar-refractivity contribution is 5.94. The number of nitrogens with one attached hydrogen (secondary N) is 2. The second-order valence-corrected chi connectivity index (χ2v) is 7.31. The number of hydrogen-bond donors (Lipinski definition) is 2. The van der Waals surface area contributed by atoms with Gasteiger partial charge in [0.1, 0.15) is 5.52 Å². The van der Waals surface area contributed by atoms with E-state index in [0.29, 0.717) is 54.5 Å². The van der Waals surface area contributed by atoms with Crippen LogP contribution in [-0.4, -0.2) is 61.4 Å². The molecule has 1 saturated heterocycles. The molecule has 0 bridgehead atoms. The van der Waals surface area contributed by atoms with E-state index in [0.717, 1.165) is 5.69 Å². The van der Waals surface area contributed by atoms with Crippen molar-refractivity contribution in [2.24, 2.45) is 7.05 Å². The summed E-state index contributed by atoms with van der Waals surface area (Å²) in [6, 6.07) is 8.88. The first kappa shape index (κ1) is 19.1. The number of nitrogens with zero attached hydrogens (tertiary/aromatic N) is 5. The van der Waals surface area contributed by atoms with Crippen molar-refractivity contribution in [1.82, 2.24) is 29.2 Å². The van der Waals surface area contributed by atoms with Crippen molar-refractivity contribution in [2.45, 2.75) is 0 Å². The van der Waals surface area contributed by atoms with Gasteiger partial charge in [-0.3, -0.25) is 19.3 Å². The Morgan fingerprint density at radius 3 is 2.65 bits per heavy atom. The zero-order valence-corrected chi connectivity index (χ0v) is 16.9. The summed E-state index contributed by atoms with van der Waals surface area (Å²) in [5.74, 6) is 0.313. The standard InChI is InChI=1S/C21H21N7O3/c1-26-13-16(12-22-26)28-7-6-17-18(28)19(29)25-21(24-17)23-15-4-2-14(3-5-15)20(30)27-8-10-31-11-9-27/h2-7,12-13H,8-11H2,1H3,(H2,23,24,25,29). The van der Waals surface area contributed by atoms with E-state index in [1.807, 2.05) is 13.2 Å². The largest absolute Gasteiger partial charge is 0.378 e. The number of rotatable bonds is 4. The Morgan fingerprint density at radius 1 is 1.16 bits per heavy atom. The van der Waals surface area contributed by atoms with Crippen LogP contribution < -0.4 is 10.9 Å². The highest BCUT2D eigenvalue weighted by Gasteiger charge is 2.18. The van der Waals surface area contributed by atoms with Crippen LogP contribution in [0.4, 0.5) is 11.6 Å². The van der Waals surface area contributed by atoms with E-state index < -0.39 is 0 Å². The Morgan fingerprint density at radius 2 is 1.94 bits per heavy atom. The summed E-state index contributed by atoms with van der Waals surface area (Å²) in [7, 11) is 1.82. The summed E-state index contributed by atoms with van der Waals surface area (Å²) in [6.45, 7) is 2.33.